The number of rotatable bonds is 19. The Morgan fingerprint density at radius 2 is 1.07 bits per heavy atom. The van der Waals surface area contributed by atoms with E-state index in [9.17, 15) is 9.59 Å². The Bertz CT molecular complexity index is 2410. The van der Waals surface area contributed by atoms with Crippen molar-refractivity contribution in [1.82, 2.24) is 0 Å². The molecule has 2 aliphatic heterocycles. The van der Waals surface area contributed by atoms with E-state index < -0.39 is 11.6 Å². The zero-order chi connectivity index (χ0) is 48.1. The van der Waals surface area contributed by atoms with Crippen molar-refractivity contribution in [2.45, 2.75) is 143 Å². The third-order valence-electron chi connectivity index (χ3n) is 11.8. The summed E-state index contributed by atoms with van der Waals surface area (Å²) in [6.45, 7) is 21.4. The molecule has 0 spiro atoms. The van der Waals surface area contributed by atoms with Gasteiger partial charge in [-0.15, -0.1) is 0 Å². The number of carbonyl (C=O) groups is 2. The van der Waals surface area contributed by atoms with Gasteiger partial charge >= 0.3 is 228 Å². The standard InChI is InChI=1S/C32H38O4Se.C26H32O4/c1-22-18-23(2)31(24(3)33)27(19-22)30(37-26-14-10-7-11-15-26)17-16-28-29(36-32(4,5)35-28)21-34-20-25-12-8-6-9-13-25;1-18-14-19(2)25(20(3)27)22(15-18)12-9-13-23-24(30-26(4,5)29-23)17-28-16-21-10-7-6-8-11-21/h6-15,18-19,28-30H,16-17,20-21H2,1-5H3;6-12,14-15,23-24H,13,16-17H2,1-5H3/b;12-9+/t28-,29?,30?;23-,24?/m00/s1. The fraction of sp³-hybridized carbons (Fsp3) is 0.414. The number of ketones is 2. The van der Waals surface area contributed by atoms with Gasteiger partial charge in [0.05, 0.1) is 19.3 Å². The van der Waals surface area contributed by atoms with Crippen molar-refractivity contribution >= 4 is 37.1 Å². The van der Waals surface area contributed by atoms with Crippen LogP contribution in [0.5, 0.6) is 0 Å². The molecule has 2 heterocycles. The van der Waals surface area contributed by atoms with E-state index in [1.54, 1.807) is 13.8 Å². The number of Topliss-reactive ketones (excluding diaryl/α,β-unsaturated/α-hetero) is 2. The molecule has 0 radical (unpaired) electrons. The minimum atomic E-state index is -0.643. The van der Waals surface area contributed by atoms with Crippen molar-refractivity contribution in [3.63, 3.8) is 0 Å². The quantitative estimate of drug-likeness (QED) is 0.0597. The van der Waals surface area contributed by atoms with E-state index in [0.717, 1.165) is 57.3 Å². The fourth-order valence-electron chi connectivity index (χ4n) is 9.21. The van der Waals surface area contributed by atoms with Crippen LogP contribution < -0.4 is 4.46 Å². The molecule has 7 rings (SSSR count). The molecule has 5 aromatic carbocycles. The van der Waals surface area contributed by atoms with E-state index in [1.165, 1.54) is 15.6 Å². The van der Waals surface area contributed by atoms with Crippen molar-refractivity contribution < 1.29 is 38.0 Å². The van der Waals surface area contributed by atoms with Gasteiger partial charge < -0.3 is 14.2 Å². The van der Waals surface area contributed by atoms with Gasteiger partial charge in [-0.2, -0.15) is 0 Å². The van der Waals surface area contributed by atoms with Crippen molar-refractivity contribution in [2.75, 3.05) is 13.2 Å². The Hall–Kier alpha value is -4.54. The van der Waals surface area contributed by atoms with Crippen LogP contribution >= 0.6 is 0 Å². The van der Waals surface area contributed by atoms with Gasteiger partial charge in [0, 0.05) is 5.56 Å². The summed E-state index contributed by atoms with van der Waals surface area (Å²) in [5.74, 6) is -1.06. The van der Waals surface area contributed by atoms with Crippen molar-refractivity contribution in [1.29, 1.82) is 0 Å². The van der Waals surface area contributed by atoms with Crippen LogP contribution in [-0.2, 0) is 41.6 Å². The van der Waals surface area contributed by atoms with Crippen LogP contribution in [0.2, 0.25) is 0 Å². The van der Waals surface area contributed by atoms with Crippen molar-refractivity contribution in [3.05, 3.63) is 177 Å². The Morgan fingerprint density at radius 3 is 1.61 bits per heavy atom. The predicted molar refractivity (Wildman–Crippen MR) is 269 cm³/mol. The predicted octanol–water partition coefficient (Wildman–Crippen LogP) is 11.7. The number of aryl methyl sites for hydroxylation is 4. The van der Waals surface area contributed by atoms with Crippen LogP contribution in [0.4, 0.5) is 0 Å². The van der Waals surface area contributed by atoms with Gasteiger partial charge in [0.2, 0.25) is 0 Å². The monoisotopic (exact) mass is 974 g/mol. The Morgan fingerprint density at radius 1 is 0.612 bits per heavy atom. The van der Waals surface area contributed by atoms with Crippen molar-refractivity contribution in [3.8, 4) is 0 Å². The van der Waals surface area contributed by atoms with E-state index in [2.05, 4.69) is 80.6 Å². The minimum absolute atomic E-state index is 0.0634. The number of benzene rings is 5. The van der Waals surface area contributed by atoms with Gasteiger partial charge in [-0.1, -0.05) is 60.2 Å². The molecule has 5 atom stereocenters. The van der Waals surface area contributed by atoms with Crippen LogP contribution in [0.3, 0.4) is 0 Å². The van der Waals surface area contributed by atoms with E-state index in [4.69, 9.17) is 28.4 Å². The zero-order valence-electron chi connectivity index (χ0n) is 41.1. The zero-order valence-corrected chi connectivity index (χ0v) is 42.8. The van der Waals surface area contributed by atoms with Gasteiger partial charge in [0.15, 0.2) is 11.6 Å². The van der Waals surface area contributed by atoms with Crippen molar-refractivity contribution in [2.24, 2.45) is 0 Å². The molecule has 2 saturated heterocycles. The van der Waals surface area contributed by atoms with Gasteiger partial charge in [-0.05, 0) is 57.7 Å². The normalized spacial score (nSPS) is 20.1. The molecule has 3 unspecified atom stereocenters. The Balaban J connectivity index is 0.000000226. The summed E-state index contributed by atoms with van der Waals surface area (Å²) in [6, 6.07) is 39.4. The van der Waals surface area contributed by atoms with Crippen LogP contribution in [0.25, 0.3) is 6.08 Å². The molecule has 0 bridgehead atoms. The van der Waals surface area contributed by atoms with Crippen LogP contribution in [-0.4, -0.2) is 75.7 Å². The molecule has 0 amide bonds. The molecule has 2 fully saturated rings. The number of carbonyl (C=O) groups excluding carboxylic acids is 2. The van der Waals surface area contributed by atoms with Gasteiger partial charge in [0.1, 0.15) is 6.10 Å². The van der Waals surface area contributed by atoms with E-state index >= 15 is 0 Å². The van der Waals surface area contributed by atoms with Gasteiger partial charge in [-0.3, -0.25) is 4.79 Å². The molecule has 0 N–H and O–H groups in total. The van der Waals surface area contributed by atoms with Gasteiger partial charge in [0.25, 0.3) is 0 Å². The molecular formula is C58H70O8Se. The molecule has 0 aliphatic carbocycles. The second-order valence-corrected chi connectivity index (χ2v) is 21.4. The molecule has 0 saturated carbocycles. The second kappa shape index (κ2) is 24.1. The molecule has 5 aromatic rings. The third-order valence-corrected chi connectivity index (χ3v) is 14.6. The van der Waals surface area contributed by atoms with E-state index in [0.29, 0.717) is 32.8 Å². The molecule has 2 aliphatic rings. The molecule has 9 heteroatoms. The first kappa shape index (κ1) is 51.8. The third kappa shape index (κ3) is 15.5. The molecule has 0 aromatic heterocycles. The Labute approximate surface area is 405 Å². The van der Waals surface area contributed by atoms with E-state index in [-0.39, 0.29) is 55.8 Å². The average Bonchev–Trinajstić information content (AvgIpc) is 3.74. The summed E-state index contributed by atoms with van der Waals surface area (Å²) in [5.41, 5.74) is 10.5. The first-order valence-corrected chi connectivity index (χ1v) is 25.4. The summed E-state index contributed by atoms with van der Waals surface area (Å²) in [6.07, 6.45) is 6.10. The van der Waals surface area contributed by atoms with Crippen LogP contribution in [0, 0.1) is 27.7 Å². The molecular weight excluding hydrogens is 904 g/mol. The summed E-state index contributed by atoms with van der Waals surface area (Å²) in [5, 5.41) is 0. The summed E-state index contributed by atoms with van der Waals surface area (Å²) in [4.78, 5) is 25.1. The molecule has 356 valence electrons. The topological polar surface area (TPSA) is 89.5 Å². The fourth-order valence-corrected chi connectivity index (χ4v) is 11.8. The summed E-state index contributed by atoms with van der Waals surface area (Å²) >= 11 is 0.167. The maximum absolute atomic E-state index is 12.7. The first-order valence-electron chi connectivity index (χ1n) is 23.5. The molecule has 8 nitrogen and oxygen atoms in total. The molecule has 67 heavy (non-hydrogen) atoms. The van der Waals surface area contributed by atoms with Crippen LogP contribution in [0.1, 0.15) is 131 Å². The maximum atomic E-state index is 12.7. The first-order chi connectivity index (χ1) is 32.0. The number of hydrogen-bond donors (Lipinski definition) is 0. The van der Waals surface area contributed by atoms with E-state index in [1.807, 2.05) is 102 Å². The Kier molecular flexibility index (Phi) is 18.7. The average molecular weight is 974 g/mol. The SMILES string of the molecule is CC(=O)c1c(C)cc(C)cc1/C=C/C[C@@H]1OC(C)(C)OC1COCc1ccccc1.CC(=O)c1c(C)cc(C)cc1C(CC[C@@H]1OC(C)(C)OC1COCc1ccccc1)[Se]c1ccccc1. The summed E-state index contributed by atoms with van der Waals surface area (Å²) in [7, 11) is 0. The number of hydrogen-bond acceptors (Lipinski definition) is 8. The van der Waals surface area contributed by atoms with Gasteiger partial charge in [-0.25, -0.2) is 0 Å². The summed E-state index contributed by atoms with van der Waals surface area (Å²) < 4.78 is 38.1. The van der Waals surface area contributed by atoms with Crippen LogP contribution in [0.15, 0.2) is 121 Å². The second-order valence-electron chi connectivity index (χ2n) is 18.8. The number of ether oxygens (including phenoxy) is 6.